The van der Waals surface area contributed by atoms with E-state index in [1.54, 1.807) is 38.1 Å². The molecule has 106 valence electrons. The molecule has 0 unspecified atom stereocenters. The zero-order valence-electron chi connectivity index (χ0n) is 12.0. The second-order valence-corrected chi connectivity index (χ2v) is 5.03. The van der Waals surface area contributed by atoms with E-state index in [2.05, 4.69) is 10.6 Å². The van der Waals surface area contributed by atoms with Gasteiger partial charge in [-0.2, -0.15) is 5.26 Å². The molecule has 0 heterocycles. The van der Waals surface area contributed by atoms with Crippen LogP contribution < -0.4 is 10.6 Å². The third-order valence-corrected chi connectivity index (χ3v) is 2.77. The highest BCUT2D eigenvalue weighted by atomic mass is 16.2. The summed E-state index contributed by atoms with van der Waals surface area (Å²) in [6.07, 6.45) is 0.860. The van der Waals surface area contributed by atoms with Crippen molar-refractivity contribution in [1.29, 1.82) is 5.26 Å². The van der Waals surface area contributed by atoms with Gasteiger partial charge in [0.2, 0.25) is 5.91 Å². The van der Waals surface area contributed by atoms with Gasteiger partial charge in [0, 0.05) is 17.8 Å². The first-order valence-corrected chi connectivity index (χ1v) is 6.51. The van der Waals surface area contributed by atoms with Gasteiger partial charge in [0.15, 0.2) is 0 Å². The number of hydrogen-bond donors (Lipinski definition) is 2. The smallest absolute Gasteiger partial charge is 0.251 e. The average molecular weight is 273 g/mol. The minimum Gasteiger partial charge on any atom is -0.352 e. The van der Waals surface area contributed by atoms with Gasteiger partial charge >= 0.3 is 0 Å². The van der Waals surface area contributed by atoms with Crippen molar-refractivity contribution in [3.8, 4) is 6.07 Å². The van der Waals surface area contributed by atoms with E-state index in [9.17, 15) is 9.59 Å². The van der Waals surface area contributed by atoms with Crippen molar-refractivity contribution >= 4 is 17.5 Å². The SMILES string of the molecule is CCCNC(=O)c1cccc(NC(=O)C(C)(C)C#N)c1. The van der Waals surface area contributed by atoms with E-state index < -0.39 is 11.3 Å². The number of carbonyl (C=O) groups is 2. The molecule has 0 aliphatic rings. The van der Waals surface area contributed by atoms with Crippen LogP contribution in [-0.2, 0) is 4.79 Å². The van der Waals surface area contributed by atoms with E-state index in [1.165, 1.54) is 0 Å². The third kappa shape index (κ3) is 4.09. The summed E-state index contributed by atoms with van der Waals surface area (Å²) in [5.41, 5.74) is -0.131. The van der Waals surface area contributed by atoms with Crippen molar-refractivity contribution in [2.45, 2.75) is 27.2 Å². The van der Waals surface area contributed by atoms with Gasteiger partial charge in [-0.25, -0.2) is 0 Å². The maximum absolute atomic E-state index is 11.9. The summed E-state index contributed by atoms with van der Waals surface area (Å²) in [7, 11) is 0. The Bertz CT molecular complexity index is 544. The van der Waals surface area contributed by atoms with Gasteiger partial charge in [-0.15, -0.1) is 0 Å². The van der Waals surface area contributed by atoms with Gasteiger partial charge in [-0.05, 0) is 38.5 Å². The van der Waals surface area contributed by atoms with Crippen LogP contribution in [-0.4, -0.2) is 18.4 Å². The molecule has 5 nitrogen and oxygen atoms in total. The zero-order chi connectivity index (χ0) is 15.2. The number of benzene rings is 1. The molecule has 0 fully saturated rings. The van der Waals surface area contributed by atoms with Crippen molar-refractivity contribution in [1.82, 2.24) is 5.32 Å². The topological polar surface area (TPSA) is 82.0 Å². The van der Waals surface area contributed by atoms with E-state index >= 15 is 0 Å². The maximum Gasteiger partial charge on any atom is 0.251 e. The molecule has 1 rings (SSSR count). The molecule has 0 aliphatic carbocycles. The second kappa shape index (κ2) is 6.71. The Kier molecular flexibility index (Phi) is 5.27. The van der Waals surface area contributed by atoms with Crippen molar-refractivity contribution in [2.24, 2.45) is 5.41 Å². The summed E-state index contributed by atoms with van der Waals surface area (Å²) >= 11 is 0. The molecule has 0 bridgehead atoms. The average Bonchev–Trinajstić information content (AvgIpc) is 2.44. The third-order valence-electron chi connectivity index (χ3n) is 2.77. The molecule has 0 aromatic heterocycles. The van der Waals surface area contributed by atoms with E-state index in [4.69, 9.17) is 5.26 Å². The van der Waals surface area contributed by atoms with Crippen molar-refractivity contribution in [2.75, 3.05) is 11.9 Å². The number of nitrogens with zero attached hydrogens (tertiary/aromatic N) is 1. The quantitative estimate of drug-likeness (QED) is 0.863. The first kappa shape index (κ1) is 15.7. The van der Waals surface area contributed by atoms with E-state index in [1.807, 2.05) is 13.0 Å². The molecule has 0 atom stereocenters. The van der Waals surface area contributed by atoms with Gasteiger partial charge < -0.3 is 10.6 Å². The maximum atomic E-state index is 11.9. The molecule has 0 saturated carbocycles. The van der Waals surface area contributed by atoms with Crippen LogP contribution in [0, 0.1) is 16.7 Å². The molecular formula is C15H19N3O2. The van der Waals surface area contributed by atoms with Gasteiger partial charge in [0.05, 0.1) is 6.07 Å². The van der Waals surface area contributed by atoms with Crippen LogP contribution in [0.5, 0.6) is 0 Å². The van der Waals surface area contributed by atoms with E-state index in [0.717, 1.165) is 6.42 Å². The number of hydrogen-bond acceptors (Lipinski definition) is 3. The lowest BCUT2D eigenvalue weighted by Crippen LogP contribution is -2.29. The number of rotatable bonds is 5. The predicted octanol–water partition coefficient (Wildman–Crippen LogP) is 2.31. The molecule has 1 aromatic rings. The van der Waals surface area contributed by atoms with Crippen LogP contribution in [0.3, 0.4) is 0 Å². The number of anilines is 1. The highest BCUT2D eigenvalue weighted by Crippen LogP contribution is 2.18. The Morgan fingerprint density at radius 3 is 2.65 bits per heavy atom. The predicted molar refractivity (Wildman–Crippen MR) is 77.1 cm³/mol. The molecule has 0 radical (unpaired) electrons. The highest BCUT2D eigenvalue weighted by Gasteiger charge is 2.27. The monoisotopic (exact) mass is 273 g/mol. The summed E-state index contributed by atoms with van der Waals surface area (Å²) in [5.74, 6) is -0.575. The molecule has 2 N–H and O–H groups in total. The zero-order valence-corrected chi connectivity index (χ0v) is 12.0. The van der Waals surface area contributed by atoms with Gasteiger partial charge in [-0.3, -0.25) is 9.59 Å². The first-order chi connectivity index (χ1) is 9.40. The number of amides is 2. The molecule has 20 heavy (non-hydrogen) atoms. The summed E-state index contributed by atoms with van der Waals surface area (Å²) in [5, 5.41) is 14.3. The molecular weight excluding hydrogens is 254 g/mol. The van der Waals surface area contributed by atoms with Gasteiger partial charge in [-0.1, -0.05) is 13.0 Å². The number of nitrogens with one attached hydrogen (secondary N) is 2. The van der Waals surface area contributed by atoms with Crippen LogP contribution in [0.4, 0.5) is 5.69 Å². The van der Waals surface area contributed by atoms with E-state index in [0.29, 0.717) is 17.8 Å². The minimum absolute atomic E-state index is 0.178. The summed E-state index contributed by atoms with van der Waals surface area (Å²) in [6.45, 7) is 5.66. The molecule has 0 saturated heterocycles. The molecule has 2 amide bonds. The Balaban J connectivity index is 2.82. The lowest BCUT2D eigenvalue weighted by atomic mass is 9.94. The van der Waals surface area contributed by atoms with Crippen LogP contribution in [0.2, 0.25) is 0 Å². The molecule has 5 heteroatoms. The fourth-order valence-corrected chi connectivity index (χ4v) is 1.42. The van der Waals surface area contributed by atoms with Crippen molar-refractivity contribution in [3.05, 3.63) is 29.8 Å². The normalized spacial score (nSPS) is 10.5. The Morgan fingerprint density at radius 1 is 1.35 bits per heavy atom. The number of nitriles is 1. The lowest BCUT2D eigenvalue weighted by Gasteiger charge is -2.15. The lowest BCUT2D eigenvalue weighted by molar-refractivity contribution is -0.121. The van der Waals surface area contributed by atoms with Crippen molar-refractivity contribution in [3.63, 3.8) is 0 Å². The molecule has 0 aliphatic heterocycles. The fourth-order valence-electron chi connectivity index (χ4n) is 1.42. The van der Waals surface area contributed by atoms with Gasteiger partial charge in [0.25, 0.3) is 5.91 Å². The molecule has 1 aromatic carbocycles. The first-order valence-electron chi connectivity index (χ1n) is 6.51. The van der Waals surface area contributed by atoms with Gasteiger partial charge in [0.1, 0.15) is 5.41 Å². The molecule has 0 spiro atoms. The number of carbonyl (C=O) groups excluding carboxylic acids is 2. The minimum atomic E-state index is -1.11. The summed E-state index contributed by atoms with van der Waals surface area (Å²) in [6, 6.07) is 8.58. The highest BCUT2D eigenvalue weighted by molar-refractivity contribution is 5.99. The Labute approximate surface area is 119 Å². The summed E-state index contributed by atoms with van der Waals surface area (Å²) in [4.78, 5) is 23.7. The summed E-state index contributed by atoms with van der Waals surface area (Å²) < 4.78 is 0. The Hall–Kier alpha value is -2.35. The van der Waals surface area contributed by atoms with Crippen LogP contribution in [0.15, 0.2) is 24.3 Å². The van der Waals surface area contributed by atoms with Crippen LogP contribution in [0.1, 0.15) is 37.6 Å². The fraction of sp³-hybridized carbons (Fsp3) is 0.400. The largest absolute Gasteiger partial charge is 0.352 e. The van der Waals surface area contributed by atoms with E-state index in [-0.39, 0.29) is 5.91 Å². The van der Waals surface area contributed by atoms with Crippen LogP contribution in [0.25, 0.3) is 0 Å². The van der Waals surface area contributed by atoms with Crippen molar-refractivity contribution < 1.29 is 9.59 Å². The standard InChI is InChI=1S/C15H19N3O2/c1-4-8-17-13(19)11-6-5-7-12(9-11)18-14(20)15(2,3)10-16/h5-7,9H,4,8H2,1-3H3,(H,17,19)(H,18,20). The second-order valence-electron chi connectivity index (χ2n) is 5.03. The van der Waals surface area contributed by atoms with Crippen LogP contribution >= 0.6 is 0 Å². The Morgan fingerprint density at radius 2 is 2.05 bits per heavy atom.